The molecule has 106 valence electrons. The Morgan fingerprint density at radius 3 is 2.80 bits per heavy atom. The number of hydrogen-bond donors (Lipinski definition) is 1. The van der Waals surface area contributed by atoms with Crippen LogP contribution in [0.1, 0.15) is 31.3 Å². The summed E-state index contributed by atoms with van der Waals surface area (Å²) in [6, 6.07) is 8.95. The lowest BCUT2D eigenvalue weighted by Gasteiger charge is -2.43. The van der Waals surface area contributed by atoms with E-state index in [0.29, 0.717) is 6.04 Å². The van der Waals surface area contributed by atoms with Gasteiger partial charge in [0.2, 0.25) is 0 Å². The van der Waals surface area contributed by atoms with Crippen LogP contribution in [0.5, 0.6) is 0 Å². The number of halogens is 1. The van der Waals surface area contributed by atoms with Crippen molar-refractivity contribution in [2.45, 2.75) is 31.7 Å². The Balaban J connectivity index is 1.92. The first kappa shape index (κ1) is 13.8. The van der Waals surface area contributed by atoms with E-state index in [1.54, 1.807) is 6.33 Å². The molecule has 1 aromatic carbocycles. The van der Waals surface area contributed by atoms with Gasteiger partial charge >= 0.3 is 0 Å². The van der Waals surface area contributed by atoms with Crippen LogP contribution in [0.15, 0.2) is 35.1 Å². The molecule has 0 amide bonds. The maximum absolute atomic E-state index is 4.46. The summed E-state index contributed by atoms with van der Waals surface area (Å²) in [5.74, 6) is 1.07. The Bertz CT molecular complexity index is 601. The van der Waals surface area contributed by atoms with Gasteiger partial charge in [0.1, 0.15) is 12.2 Å². The van der Waals surface area contributed by atoms with Gasteiger partial charge in [-0.3, -0.25) is 0 Å². The van der Waals surface area contributed by atoms with Crippen molar-refractivity contribution in [2.24, 2.45) is 0 Å². The van der Waals surface area contributed by atoms with E-state index < -0.39 is 0 Å². The van der Waals surface area contributed by atoms with E-state index >= 15 is 0 Å². The summed E-state index contributed by atoms with van der Waals surface area (Å²) < 4.78 is 3.16. The highest BCUT2D eigenvalue weighted by atomic mass is 79.9. The van der Waals surface area contributed by atoms with E-state index in [9.17, 15) is 0 Å². The van der Waals surface area contributed by atoms with Gasteiger partial charge in [-0.05, 0) is 31.5 Å². The molecule has 2 heterocycles. The minimum absolute atomic E-state index is 0.142. The molecule has 0 atom stereocenters. The molecule has 1 saturated heterocycles. The standard InChI is InChI=1S/C15H19BrN4/c1-11(2)20-14(18-10-19-20)7-15(8-17-9-15)12-4-3-5-13(16)6-12/h3-6,10-11,17H,7-9H2,1-2H3. The zero-order valence-corrected chi connectivity index (χ0v) is 13.4. The molecule has 20 heavy (non-hydrogen) atoms. The zero-order valence-electron chi connectivity index (χ0n) is 11.8. The Morgan fingerprint density at radius 2 is 2.20 bits per heavy atom. The molecule has 2 aromatic rings. The topological polar surface area (TPSA) is 42.7 Å². The van der Waals surface area contributed by atoms with Crippen LogP contribution in [0.25, 0.3) is 0 Å². The van der Waals surface area contributed by atoms with Gasteiger partial charge in [0.25, 0.3) is 0 Å². The molecule has 3 rings (SSSR count). The smallest absolute Gasteiger partial charge is 0.138 e. The number of hydrogen-bond acceptors (Lipinski definition) is 3. The third kappa shape index (κ3) is 2.40. The van der Waals surface area contributed by atoms with Crippen LogP contribution < -0.4 is 5.32 Å². The van der Waals surface area contributed by atoms with Crippen LogP contribution in [-0.4, -0.2) is 27.9 Å². The second-order valence-corrected chi connectivity index (χ2v) is 6.70. The molecule has 1 fully saturated rings. The average molecular weight is 335 g/mol. The monoisotopic (exact) mass is 334 g/mol. The average Bonchev–Trinajstić information content (AvgIpc) is 2.82. The summed E-state index contributed by atoms with van der Waals surface area (Å²) in [6.07, 6.45) is 2.59. The maximum atomic E-state index is 4.46. The molecule has 1 aromatic heterocycles. The van der Waals surface area contributed by atoms with E-state index in [1.165, 1.54) is 5.56 Å². The molecule has 1 aliphatic rings. The van der Waals surface area contributed by atoms with E-state index in [1.807, 2.05) is 4.68 Å². The third-order valence-corrected chi connectivity index (χ3v) is 4.49. The highest BCUT2D eigenvalue weighted by molar-refractivity contribution is 9.10. The van der Waals surface area contributed by atoms with Crippen molar-refractivity contribution in [3.05, 3.63) is 46.5 Å². The number of nitrogens with zero attached hydrogens (tertiary/aromatic N) is 3. The first-order chi connectivity index (χ1) is 9.61. The number of aromatic nitrogens is 3. The predicted molar refractivity (Wildman–Crippen MR) is 82.8 cm³/mol. The fraction of sp³-hybridized carbons (Fsp3) is 0.467. The van der Waals surface area contributed by atoms with Crippen LogP contribution in [0.3, 0.4) is 0 Å². The van der Waals surface area contributed by atoms with Crippen LogP contribution >= 0.6 is 15.9 Å². The van der Waals surface area contributed by atoms with Crippen molar-refractivity contribution in [1.29, 1.82) is 0 Å². The molecule has 0 unspecified atom stereocenters. The normalized spacial score (nSPS) is 17.2. The van der Waals surface area contributed by atoms with E-state index in [-0.39, 0.29) is 5.41 Å². The maximum Gasteiger partial charge on any atom is 0.138 e. The van der Waals surface area contributed by atoms with Crippen molar-refractivity contribution in [3.8, 4) is 0 Å². The van der Waals surface area contributed by atoms with E-state index in [4.69, 9.17) is 0 Å². The number of rotatable bonds is 4. The molecule has 0 bridgehead atoms. The first-order valence-electron chi connectivity index (χ1n) is 6.96. The lowest BCUT2D eigenvalue weighted by Crippen LogP contribution is -2.58. The minimum Gasteiger partial charge on any atom is -0.315 e. The third-order valence-electron chi connectivity index (χ3n) is 4.00. The van der Waals surface area contributed by atoms with Crippen LogP contribution in [0.4, 0.5) is 0 Å². The van der Waals surface area contributed by atoms with Crippen molar-refractivity contribution < 1.29 is 0 Å². The summed E-state index contributed by atoms with van der Waals surface area (Å²) in [5, 5.41) is 7.75. The van der Waals surface area contributed by atoms with Gasteiger partial charge in [0, 0.05) is 35.4 Å². The molecule has 0 saturated carbocycles. The Labute approximate surface area is 127 Å². The Morgan fingerprint density at radius 1 is 1.40 bits per heavy atom. The Kier molecular flexibility index (Phi) is 3.65. The molecule has 4 nitrogen and oxygen atoms in total. The second kappa shape index (κ2) is 5.30. The predicted octanol–water partition coefficient (Wildman–Crippen LogP) is 2.71. The van der Waals surface area contributed by atoms with Gasteiger partial charge in [0.15, 0.2) is 0 Å². The van der Waals surface area contributed by atoms with E-state index in [0.717, 1.165) is 29.8 Å². The molecule has 1 aliphatic heterocycles. The molecular formula is C15H19BrN4. The lowest BCUT2D eigenvalue weighted by molar-refractivity contribution is 0.264. The summed E-state index contributed by atoms with van der Waals surface area (Å²) >= 11 is 3.57. The highest BCUT2D eigenvalue weighted by Gasteiger charge is 2.40. The van der Waals surface area contributed by atoms with Crippen LogP contribution in [-0.2, 0) is 11.8 Å². The van der Waals surface area contributed by atoms with Crippen LogP contribution in [0.2, 0.25) is 0 Å². The highest BCUT2D eigenvalue weighted by Crippen LogP contribution is 2.33. The van der Waals surface area contributed by atoms with Gasteiger partial charge in [-0.2, -0.15) is 5.10 Å². The second-order valence-electron chi connectivity index (χ2n) is 5.79. The van der Waals surface area contributed by atoms with Gasteiger partial charge in [-0.1, -0.05) is 28.1 Å². The molecule has 0 aliphatic carbocycles. The van der Waals surface area contributed by atoms with E-state index in [2.05, 4.69) is 69.4 Å². The molecular weight excluding hydrogens is 316 g/mol. The summed E-state index contributed by atoms with van der Waals surface area (Å²) in [6.45, 7) is 6.27. The first-order valence-corrected chi connectivity index (χ1v) is 7.75. The summed E-state index contributed by atoms with van der Waals surface area (Å²) in [5.41, 5.74) is 1.51. The number of nitrogens with one attached hydrogen (secondary N) is 1. The lowest BCUT2D eigenvalue weighted by atomic mass is 9.72. The fourth-order valence-corrected chi connectivity index (χ4v) is 3.21. The van der Waals surface area contributed by atoms with Crippen molar-refractivity contribution >= 4 is 15.9 Å². The Hall–Kier alpha value is -1.20. The summed E-state index contributed by atoms with van der Waals surface area (Å²) in [7, 11) is 0. The summed E-state index contributed by atoms with van der Waals surface area (Å²) in [4.78, 5) is 4.46. The fourth-order valence-electron chi connectivity index (χ4n) is 2.81. The molecule has 0 radical (unpaired) electrons. The van der Waals surface area contributed by atoms with Gasteiger partial charge in [-0.25, -0.2) is 9.67 Å². The molecule has 1 N–H and O–H groups in total. The van der Waals surface area contributed by atoms with Crippen molar-refractivity contribution in [3.63, 3.8) is 0 Å². The van der Waals surface area contributed by atoms with Crippen molar-refractivity contribution in [1.82, 2.24) is 20.1 Å². The van der Waals surface area contributed by atoms with Gasteiger partial charge in [0.05, 0.1) is 0 Å². The number of benzene rings is 1. The minimum atomic E-state index is 0.142. The van der Waals surface area contributed by atoms with Gasteiger partial charge in [-0.15, -0.1) is 0 Å². The molecule has 0 spiro atoms. The SMILES string of the molecule is CC(C)n1ncnc1CC1(c2cccc(Br)c2)CNC1. The molecule has 5 heteroatoms. The van der Waals surface area contributed by atoms with Crippen molar-refractivity contribution in [2.75, 3.05) is 13.1 Å². The van der Waals surface area contributed by atoms with Gasteiger partial charge < -0.3 is 5.32 Å². The van der Waals surface area contributed by atoms with Crippen LogP contribution in [0, 0.1) is 0 Å². The quantitative estimate of drug-likeness (QED) is 0.934. The largest absolute Gasteiger partial charge is 0.315 e. The zero-order chi connectivity index (χ0) is 14.2.